The maximum Gasteiger partial charge on any atom is 0.119 e. The number of rotatable bonds is 12. The molecule has 1 unspecified atom stereocenters. The topological polar surface area (TPSA) is 47.3 Å². The first-order chi connectivity index (χ1) is 17.2. The van der Waals surface area contributed by atoms with E-state index in [0.717, 1.165) is 36.3 Å². The number of nitrogens with two attached hydrogens (primary N) is 1. The van der Waals surface area contributed by atoms with Crippen molar-refractivity contribution in [2.24, 2.45) is 5.73 Å². The van der Waals surface area contributed by atoms with Gasteiger partial charge in [-0.25, -0.2) is 0 Å². The smallest absolute Gasteiger partial charge is 0.119 e. The van der Waals surface area contributed by atoms with Crippen LogP contribution in [0.25, 0.3) is 0 Å². The monoisotopic (exact) mass is 536 g/mol. The number of hydrogen-bond acceptors (Lipinski definition) is 3. The average molecular weight is 538 g/mol. The summed E-state index contributed by atoms with van der Waals surface area (Å²) in [6.07, 6.45) is 2.06. The minimum atomic E-state index is 0. The molecule has 4 aromatic carbocycles. The SMILES string of the molecule is CC(Cc1ccc(OCc2ccc(CN)cc2)cc1)NCCC(c1ccccc1)c1ccccc1.Cl.Cl. The quantitative estimate of drug-likeness (QED) is 0.199. The third-order valence-corrected chi connectivity index (χ3v) is 6.46. The van der Waals surface area contributed by atoms with Gasteiger partial charge in [0.1, 0.15) is 12.4 Å². The van der Waals surface area contributed by atoms with Crippen LogP contribution in [0, 0.1) is 0 Å². The zero-order valence-electron chi connectivity index (χ0n) is 21.4. The molecule has 37 heavy (non-hydrogen) atoms. The zero-order chi connectivity index (χ0) is 24.3. The molecule has 196 valence electrons. The van der Waals surface area contributed by atoms with Crippen LogP contribution in [-0.2, 0) is 19.6 Å². The summed E-state index contributed by atoms with van der Waals surface area (Å²) in [6.45, 7) is 4.36. The maximum absolute atomic E-state index is 5.95. The Kier molecular flexibility index (Phi) is 13.2. The molecule has 3 N–H and O–H groups in total. The maximum atomic E-state index is 5.95. The molecule has 0 bridgehead atoms. The molecule has 0 radical (unpaired) electrons. The minimum absolute atomic E-state index is 0. The molecule has 0 aliphatic rings. The highest BCUT2D eigenvalue weighted by molar-refractivity contribution is 5.85. The van der Waals surface area contributed by atoms with Gasteiger partial charge in [0.05, 0.1) is 0 Å². The van der Waals surface area contributed by atoms with Crippen molar-refractivity contribution in [2.75, 3.05) is 6.54 Å². The largest absolute Gasteiger partial charge is 0.489 e. The molecule has 0 saturated carbocycles. The normalized spacial score (nSPS) is 11.3. The van der Waals surface area contributed by atoms with Crippen molar-refractivity contribution in [2.45, 2.75) is 44.9 Å². The third-order valence-electron chi connectivity index (χ3n) is 6.46. The summed E-state index contributed by atoms with van der Waals surface area (Å²) in [7, 11) is 0. The molecule has 5 heteroatoms. The van der Waals surface area contributed by atoms with Crippen molar-refractivity contribution < 1.29 is 4.74 Å². The van der Waals surface area contributed by atoms with E-state index >= 15 is 0 Å². The van der Waals surface area contributed by atoms with Crippen LogP contribution in [0.2, 0.25) is 0 Å². The number of hydrogen-bond donors (Lipinski definition) is 2. The van der Waals surface area contributed by atoms with Crippen LogP contribution in [-0.4, -0.2) is 12.6 Å². The lowest BCUT2D eigenvalue weighted by atomic mass is 9.88. The molecule has 4 aromatic rings. The number of ether oxygens (including phenoxy) is 1. The molecule has 0 fully saturated rings. The van der Waals surface area contributed by atoms with E-state index in [1.54, 1.807) is 0 Å². The van der Waals surface area contributed by atoms with Crippen LogP contribution < -0.4 is 15.8 Å². The predicted molar refractivity (Wildman–Crippen MR) is 160 cm³/mol. The Morgan fingerprint density at radius 2 is 1.19 bits per heavy atom. The second kappa shape index (κ2) is 16.1. The highest BCUT2D eigenvalue weighted by atomic mass is 35.5. The second-order valence-corrected chi connectivity index (χ2v) is 9.18. The van der Waals surface area contributed by atoms with Gasteiger partial charge >= 0.3 is 0 Å². The van der Waals surface area contributed by atoms with E-state index in [1.807, 2.05) is 0 Å². The summed E-state index contributed by atoms with van der Waals surface area (Å²) in [4.78, 5) is 0. The Labute approximate surface area is 234 Å². The Hall–Kier alpha value is -2.82. The molecule has 0 aromatic heterocycles. The molecule has 4 rings (SSSR count). The molecule has 0 aliphatic heterocycles. The first kappa shape index (κ1) is 30.4. The van der Waals surface area contributed by atoms with E-state index in [1.165, 1.54) is 16.7 Å². The van der Waals surface area contributed by atoms with Gasteiger partial charge in [0.2, 0.25) is 0 Å². The highest BCUT2D eigenvalue weighted by Gasteiger charge is 2.14. The summed E-state index contributed by atoms with van der Waals surface area (Å²) in [6, 6.07) is 38.8. The van der Waals surface area contributed by atoms with Gasteiger partial charge in [-0.2, -0.15) is 0 Å². The summed E-state index contributed by atoms with van der Waals surface area (Å²) >= 11 is 0. The number of halogens is 2. The van der Waals surface area contributed by atoms with Gasteiger partial charge in [-0.15, -0.1) is 24.8 Å². The van der Waals surface area contributed by atoms with E-state index in [4.69, 9.17) is 10.5 Å². The van der Waals surface area contributed by atoms with Crippen molar-refractivity contribution in [3.8, 4) is 5.75 Å². The Balaban J connectivity index is 0.00000241. The van der Waals surface area contributed by atoms with E-state index in [2.05, 4.69) is 121 Å². The van der Waals surface area contributed by atoms with E-state index in [-0.39, 0.29) is 24.8 Å². The van der Waals surface area contributed by atoms with E-state index in [9.17, 15) is 0 Å². The molecule has 0 aliphatic carbocycles. The van der Waals surface area contributed by atoms with Crippen LogP contribution in [0.15, 0.2) is 109 Å². The fraction of sp³-hybridized carbons (Fsp3) is 0.250. The fourth-order valence-corrected chi connectivity index (χ4v) is 4.46. The Morgan fingerprint density at radius 3 is 1.73 bits per heavy atom. The van der Waals surface area contributed by atoms with Gasteiger partial charge in [0.25, 0.3) is 0 Å². The van der Waals surface area contributed by atoms with Gasteiger partial charge < -0.3 is 15.8 Å². The number of nitrogens with one attached hydrogen (secondary N) is 1. The predicted octanol–water partition coefficient (Wildman–Crippen LogP) is 7.31. The first-order valence-corrected chi connectivity index (χ1v) is 12.5. The summed E-state index contributed by atoms with van der Waals surface area (Å²) in [5.74, 6) is 1.30. The van der Waals surface area contributed by atoms with Crippen molar-refractivity contribution in [3.63, 3.8) is 0 Å². The van der Waals surface area contributed by atoms with Crippen LogP contribution in [0.3, 0.4) is 0 Å². The summed E-state index contributed by atoms with van der Waals surface area (Å²) in [5, 5.41) is 3.73. The molecule has 0 spiro atoms. The van der Waals surface area contributed by atoms with Gasteiger partial charge in [-0.1, -0.05) is 97.1 Å². The summed E-state index contributed by atoms with van der Waals surface area (Å²) in [5.41, 5.74) is 12.0. The van der Waals surface area contributed by atoms with Gasteiger partial charge in [-0.3, -0.25) is 0 Å². The van der Waals surface area contributed by atoms with Crippen molar-refractivity contribution in [1.82, 2.24) is 5.32 Å². The Morgan fingerprint density at radius 1 is 0.676 bits per heavy atom. The summed E-state index contributed by atoms with van der Waals surface area (Å²) < 4.78 is 5.95. The molecule has 0 amide bonds. The van der Waals surface area contributed by atoms with Crippen molar-refractivity contribution in [3.05, 3.63) is 137 Å². The molecule has 3 nitrogen and oxygen atoms in total. The average Bonchev–Trinajstić information content (AvgIpc) is 2.92. The van der Waals surface area contributed by atoms with E-state index < -0.39 is 0 Å². The molecule has 1 atom stereocenters. The van der Waals surface area contributed by atoms with Crippen LogP contribution >= 0.6 is 24.8 Å². The molecule has 0 heterocycles. The standard InChI is InChI=1S/C32H36N2O.2ClH/c1-25(34-21-20-32(29-8-4-2-5-9-29)30-10-6-3-7-11-30)22-26-16-18-31(19-17-26)35-24-28-14-12-27(23-33)13-15-28;;/h2-19,25,32,34H,20-24,33H2,1H3;2*1H. The van der Waals surface area contributed by atoms with Gasteiger partial charge in [0, 0.05) is 18.5 Å². The van der Waals surface area contributed by atoms with Crippen molar-refractivity contribution >= 4 is 24.8 Å². The molecular formula is C32H38Cl2N2O. The van der Waals surface area contributed by atoms with Crippen LogP contribution in [0.1, 0.15) is 47.1 Å². The number of benzene rings is 4. The lowest BCUT2D eigenvalue weighted by Crippen LogP contribution is -2.30. The lowest BCUT2D eigenvalue weighted by Gasteiger charge is -2.20. The van der Waals surface area contributed by atoms with Crippen LogP contribution in [0.4, 0.5) is 0 Å². The molecular weight excluding hydrogens is 499 g/mol. The first-order valence-electron chi connectivity index (χ1n) is 12.5. The lowest BCUT2D eigenvalue weighted by molar-refractivity contribution is 0.306. The van der Waals surface area contributed by atoms with Gasteiger partial charge in [0.15, 0.2) is 0 Å². The Bertz CT molecular complexity index is 1100. The van der Waals surface area contributed by atoms with Crippen LogP contribution in [0.5, 0.6) is 5.75 Å². The molecule has 0 saturated heterocycles. The van der Waals surface area contributed by atoms with Gasteiger partial charge in [-0.05, 0) is 66.3 Å². The van der Waals surface area contributed by atoms with Crippen molar-refractivity contribution in [1.29, 1.82) is 0 Å². The highest BCUT2D eigenvalue weighted by Crippen LogP contribution is 2.27. The fourth-order valence-electron chi connectivity index (χ4n) is 4.46. The third kappa shape index (κ3) is 9.53. The zero-order valence-corrected chi connectivity index (χ0v) is 23.0. The second-order valence-electron chi connectivity index (χ2n) is 9.18. The van der Waals surface area contributed by atoms with E-state index in [0.29, 0.717) is 25.1 Å². The minimum Gasteiger partial charge on any atom is -0.489 e.